The summed E-state index contributed by atoms with van der Waals surface area (Å²) in [4.78, 5) is 0. The van der Waals surface area contributed by atoms with Crippen LogP contribution in [0.1, 0.15) is 33.1 Å². The van der Waals surface area contributed by atoms with Gasteiger partial charge in [-0.1, -0.05) is 20.3 Å². The molecule has 4 N–H and O–H groups in total. The second-order valence-corrected chi connectivity index (χ2v) is 4.24. The van der Waals surface area contributed by atoms with Crippen molar-refractivity contribution in [1.82, 2.24) is 10.7 Å². The maximum Gasteiger partial charge on any atom is 0.180 e. The van der Waals surface area contributed by atoms with E-state index >= 15 is 0 Å². The minimum absolute atomic E-state index is 0.508. The molecule has 0 aliphatic heterocycles. The fourth-order valence-corrected chi connectivity index (χ4v) is 2.39. The molecule has 13 heavy (non-hydrogen) atoms. The Morgan fingerprint density at radius 1 is 1.54 bits per heavy atom. The molecule has 0 aromatic carbocycles. The second-order valence-electron chi connectivity index (χ2n) is 3.83. The van der Waals surface area contributed by atoms with E-state index in [2.05, 4.69) is 24.6 Å². The highest BCUT2D eigenvalue weighted by Crippen LogP contribution is 2.33. The van der Waals surface area contributed by atoms with E-state index in [9.17, 15) is 0 Å². The van der Waals surface area contributed by atoms with Gasteiger partial charge < -0.3 is 10.7 Å². The molecule has 0 bridgehead atoms. The van der Waals surface area contributed by atoms with Crippen molar-refractivity contribution in [1.29, 1.82) is 0 Å². The summed E-state index contributed by atoms with van der Waals surface area (Å²) in [5.74, 6) is 6.76. The van der Waals surface area contributed by atoms with Crippen molar-refractivity contribution in [2.24, 2.45) is 17.7 Å². The quantitative estimate of drug-likeness (QED) is 0.356. The molecule has 0 aromatic rings. The highest BCUT2D eigenvalue weighted by molar-refractivity contribution is 7.80. The van der Waals surface area contributed by atoms with Crippen LogP contribution in [-0.4, -0.2) is 11.2 Å². The summed E-state index contributed by atoms with van der Waals surface area (Å²) in [5, 5.41) is 3.80. The number of hydrazine groups is 1. The SMILES string of the molecule is CCC1CCC(NC(=S)NN)C1C. The third-order valence-electron chi connectivity index (χ3n) is 3.20. The molecule has 0 aromatic heterocycles. The molecule has 4 heteroatoms. The van der Waals surface area contributed by atoms with Gasteiger partial charge >= 0.3 is 0 Å². The lowest BCUT2D eigenvalue weighted by molar-refractivity contribution is 0.368. The molecule has 3 unspecified atom stereocenters. The van der Waals surface area contributed by atoms with Crippen molar-refractivity contribution < 1.29 is 0 Å². The molecule has 1 fully saturated rings. The van der Waals surface area contributed by atoms with Gasteiger partial charge in [-0.15, -0.1) is 0 Å². The third-order valence-corrected chi connectivity index (χ3v) is 3.43. The van der Waals surface area contributed by atoms with Gasteiger partial charge in [0.15, 0.2) is 5.11 Å². The number of nitrogens with two attached hydrogens (primary N) is 1. The summed E-state index contributed by atoms with van der Waals surface area (Å²) in [5.41, 5.74) is 2.47. The zero-order valence-electron chi connectivity index (χ0n) is 8.34. The first kappa shape index (κ1) is 10.7. The van der Waals surface area contributed by atoms with Gasteiger partial charge in [-0.2, -0.15) is 0 Å². The summed E-state index contributed by atoms with van der Waals surface area (Å²) in [6, 6.07) is 0.508. The number of hydrogen-bond acceptors (Lipinski definition) is 2. The van der Waals surface area contributed by atoms with Gasteiger partial charge in [0.25, 0.3) is 0 Å². The Hall–Kier alpha value is -0.350. The number of nitrogens with one attached hydrogen (secondary N) is 2. The lowest BCUT2D eigenvalue weighted by Gasteiger charge is -2.21. The van der Waals surface area contributed by atoms with Crippen LogP contribution in [0.3, 0.4) is 0 Å². The zero-order valence-corrected chi connectivity index (χ0v) is 9.16. The molecule has 3 atom stereocenters. The molecule has 1 aliphatic rings. The van der Waals surface area contributed by atoms with Crippen LogP contribution in [0, 0.1) is 11.8 Å². The van der Waals surface area contributed by atoms with Gasteiger partial charge in [0, 0.05) is 6.04 Å². The van der Waals surface area contributed by atoms with Gasteiger partial charge in [0.2, 0.25) is 0 Å². The minimum atomic E-state index is 0.508. The molecule has 0 amide bonds. The van der Waals surface area contributed by atoms with Gasteiger partial charge in [0.05, 0.1) is 0 Å². The van der Waals surface area contributed by atoms with Crippen LogP contribution in [0.25, 0.3) is 0 Å². The molecule has 3 nitrogen and oxygen atoms in total. The Morgan fingerprint density at radius 2 is 2.23 bits per heavy atom. The largest absolute Gasteiger partial charge is 0.359 e. The molecule has 1 saturated carbocycles. The normalized spacial score (nSPS) is 33.0. The van der Waals surface area contributed by atoms with Crippen molar-refractivity contribution in [3.8, 4) is 0 Å². The van der Waals surface area contributed by atoms with E-state index in [0.717, 1.165) is 5.92 Å². The number of rotatable bonds is 2. The van der Waals surface area contributed by atoms with Crippen LogP contribution < -0.4 is 16.6 Å². The van der Waals surface area contributed by atoms with Crippen LogP contribution in [0.2, 0.25) is 0 Å². The second kappa shape index (κ2) is 4.77. The summed E-state index contributed by atoms with van der Waals surface area (Å²) >= 11 is 4.97. The maximum absolute atomic E-state index is 5.21. The van der Waals surface area contributed by atoms with Crippen molar-refractivity contribution in [3.63, 3.8) is 0 Å². The highest BCUT2D eigenvalue weighted by atomic mass is 32.1. The monoisotopic (exact) mass is 201 g/mol. The van der Waals surface area contributed by atoms with Crippen LogP contribution in [0.15, 0.2) is 0 Å². The molecule has 1 rings (SSSR count). The summed E-state index contributed by atoms with van der Waals surface area (Å²) < 4.78 is 0. The topological polar surface area (TPSA) is 50.1 Å². The first-order chi connectivity index (χ1) is 6.19. The molecule has 0 radical (unpaired) electrons. The minimum Gasteiger partial charge on any atom is -0.359 e. The van der Waals surface area contributed by atoms with E-state index in [-0.39, 0.29) is 0 Å². The van der Waals surface area contributed by atoms with Gasteiger partial charge in [-0.25, -0.2) is 5.84 Å². The standard InChI is InChI=1S/C9H19N3S/c1-3-7-4-5-8(6(7)2)11-9(13)12-10/h6-8H,3-5,10H2,1-2H3,(H2,11,12,13). The van der Waals surface area contributed by atoms with E-state index in [4.69, 9.17) is 18.1 Å². The molecule has 0 heterocycles. The average Bonchev–Trinajstić information content (AvgIpc) is 2.48. The van der Waals surface area contributed by atoms with Crippen molar-refractivity contribution in [2.45, 2.75) is 39.2 Å². The lowest BCUT2D eigenvalue weighted by Crippen LogP contribution is -2.46. The Bertz CT molecular complexity index is 184. The lowest BCUT2D eigenvalue weighted by atomic mass is 9.94. The third kappa shape index (κ3) is 2.54. The molecular formula is C9H19N3S. The van der Waals surface area contributed by atoms with Gasteiger partial charge in [-0.3, -0.25) is 0 Å². The summed E-state index contributed by atoms with van der Waals surface area (Å²) in [6.45, 7) is 4.54. The Balaban J connectivity index is 2.40. The smallest absolute Gasteiger partial charge is 0.180 e. The molecule has 0 spiro atoms. The number of hydrogen-bond donors (Lipinski definition) is 3. The first-order valence-electron chi connectivity index (χ1n) is 4.96. The maximum atomic E-state index is 5.21. The van der Waals surface area contributed by atoms with Gasteiger partial charge in [-0.05, 0) is 36.9 Å². The first-order valence-corrected chi connectivity index (χ1v) is 5.37. The highest BCUT2D eigenvalue weighted by Gasteiger charge is 2.31. The van der Waals surface area contributed by atoms with E-state index in [1.807, 2.05) is 0 Å². The fourth-order valence-electron chi connectivity index (χ4n) is 2.24. The van der Waals surface area contributed by atoms with Crippen LogP contribution >= 0.6 is 12.2 Å². The van der Waals surface area contributed by atoms with Crippen LogP contribution in [0.5, 0.6) is 0 Å². The van der Waals surface area contributed by atoms with Crippen molar-refractivity contribution in [3.05, 3.63) is 0 Å². The summed E-state index contributed by atoms with van der Waals surface area (Å²) in [6.07, 6.45) is 3.78. The van der Waals surface area contributed by atoms with E-state index < -0.39 is 0 Å². The fraction of sp³-hybridized carbons (Fsp3) is 0.889. The molecule has 76 valence electrons. The Labute approximate surface area is 85.4 Å². The van der Waals surface area contributed by atoms with E-state index in [0.29, 0.717) is 17.1 Å². The molecular weight excluding hydrogens is 182 g/mol. The summed E-state index contributed by atoms with van der Waals surface area (Å²) in [7, 11) is 0. The predicted molar refractivity (Wildman–Crippen MR) is 59.0 cm³/mol. The number of thiocarbonyl (C=S) groups is 1. The zero-order chi connectivity index (χ0) is 9.84. The predicted octanol–water partition coefficient (Wildman–Crippen LogP) is 1.15. The average molecular weight is 201 g/mol. The Morgan fingerprint density at radius 3 is 2.69 bits per heavy atom. The van der Waals surface area contributed by atoms with E-state index in [1.54, 1.807) is 0 Å². The van der Waals surface area contributed by atoms with Crippen LogP contribution in [0.4, 0.5) is 0 Å². The van der Waals surface area contributed by atoms with Crippen LogP contribution in [-0.2, 0) is 0 Å². The van der Waals surface area contributed by atoms with Crippen molar-refractivity contribution >= 4 is 17.3 Å². The molecule has 0 saturated heterocycles. The van der Waals surface area contributed by atoms with E-state index in [1.165, 1.54) is 19.3 Å². The Kier molecular flexibility index (Phi) is 3.93. The van der Waals surface area contributed by atoms with Gasteiger partial charge in [0.1, 0.15) is 0 Å². The molecule has 1 aliphatic carbocycles. The van der Waals surface area contributed by atoms with Crippen molar-refractivity contribution in [2.75, 3.05) is 0 Å².